The van der Waals surface area contributed by atoms with Crippen LogP contribution in [-0.2, 0) is 24.1 Å². The molecule has 0 heterocycles. The van der Waals surface area contributed by atoms with Gasteiger partial charge in [-0.3, -0.25) is 4.79 Å². The zero-order valence-corrected chi connectivity index (χ0v) is 22.6. The summed E-state index contributed by atoms with van der Waals surface area (Å²) in [5.74, 6) is -2.65. The molecule has 0 aliphatic heterocycles. The molecule has 3 rings (SSSR count). The number of unbranched alkanes of at least 4 members (excludes halogenated alkanes) is 1. The maximum absolute atomic E-state index is 14.3. The van der Waals surface area contributed by atoms with E-state index in [0.29, 0.717) is 37.3 Å². The molecule has 1 aliphatic carbocycles. The second-order valence-corrected chi connectivity index (χ2v) is 10.1. The average Bonchev–Trinajstić information content (AvgIpc) is 3.27. The molecule has 0 saturated carbocycles. The van der Waals surface area contributed by atoms with E-state index in [2.05, 4.69) is 43.4 Å². The Morgan fingerprint density at radius 1 is 1.14 bits per heavy atom. The number of aliphatic hydroxyl groups is 1. The van der Waals surface area contributed by atoms with Crippen LogP contribution in [0.25, 0.3) is 0 Å². The molecule has 2 aromatic rings. The summed E-state index contributed by atoms with van der Waals surface area (Å²) in [4.78, 5) is 10.6. The highest BCUT2D eigenvalue weighted by Crippen LogP contribution is 2.34. The Labute approximate surface area is 225 Å². The summed E-state index contributed by atoms with van der Waals surface area (Å²) in [6.07, 6.45) is 5.58. The van der Waals surface area contributed by atoms with Crippen molar-refractivity contribution in [3.05, 3.63) is 64.7 Å². The largest absolute Gasteiger partial charge is 0.488 e. The van der Waals surface area contributed by atoms with Gasteiger partial charge in [-0.15, -0.1) is 12.4 Å². The fraction of sp³-hybridized carbons (Fsp3) is 0.552. The third-order valence-corrected chi connectivity index (χ3v) is 7.47. The Balaban J connectivity index is 0.00000481. The van der Waals surface area contributed by atoms with E-state index in [9.17, 15) is 18.7 Å². The van der Waals surface area contributed by atoms with Gasteiger partial charge in [-0.05, 0) is 86.1 Å². The molecule has 1 atom stereocenters. The lowest BCUT2D eigenvalue weighted by Gasteiger charge is -2.36. The highest BCUT2D eigenvalue weighted by molar-refractivity contribution is 5.85. The van der Waals surface area contributed by atoms with Gasteiger partial charge in [0.2, 0.25) is 5.82 Å². The number of carboxylic acids is 1. The van der Waals surface area contributed by atoms with Crippen molar-refractivity contribution in [3.8, 4) is 5.75 Å². The van der Waals surface area contributed by atoms with Crippen LogP contribution in [-0.4, -0.2) is 41.0 Å². The number of aliphatic carboxylic acids is 1. The quantitative estimate of drug-likeness (QED) is 0.246. The molecule has 2 aromatic carbocycles. The van der Waals surface area contributed by atoms with Crippen LogP contribution >= 0.6 is 12.4 Å². The molecular weight excluding hydrogens is 500 g/mol. The van der Waals surface area contributed by atoms with Crippen LogP contribution < -0.4 is 10.1 Å². The summed E-state index contributed by atoms with van der Waals surface area (Å²) in [6, 6.07) is 11.1. The minimum absolute atomic E-state index is 0. The van der Waals surface area contributed by atoms with Gasteiger partial charge in [0.25, 0.3) is 0 Å². The second kappa shape index (κ2) is 14.6. The van der Waals surface area contributed by atoms with Crippen molar-refractivity contribution < 1.29 is 28.5 Å². The van der Waals surface area contributed by atoms with Crippen LogP contribution in [0, 0.1) is 17.6 Å². The lowest BCUT2D eigenvalue weighted by molar-refractivity contribution is -0.137. The van der Waals surface area contributed by atoms with Gasteiger partial charge < -0.3 is 20.3 Å². The van der Waals surface area contributed by atoms with Gasteiger partial charge in [-0.1, -0.05) is 38.1 Å². The Kier molecular flexibility index (Phi) is 12.3. The van der Waals surface area contributed by atoms with E-state index in [0.717, 1.165) is 38.2 Å². The van der Waals surface area contributed by atoms with E-state index in [1.807, 2.05) is 0 Å². The summed E-state index contributed by atoms with van der Waals surface area (Å²) in [7, 11) is 0. The van der Waals surface area contributed by atoms with Crippen molar-refractivity contribution in [3.63, 3.8) is 0 Å². The van der Waals surface area contributed by atoms with Crippen molar-refractivity contribution >= 4 is 18.4 Å². The first kappa shape index (κ1) is 31.0. The molecule has 206 valence electrons. The summed E-state index contributed by atoms with van der Waals surface area (Å²) in [5.41, 5.74) is 3.28. The molecule has 0 bridgehead atoms. The van der Waals surface area contributed by atoms with Gasteiger partial charge in [-0.2, -0.15) is 4.39 Å². The number of hydrogen-bond acceptors (Lipinski definition) is 4. The minimum Gasteiger partial charge on any atom is -0.488 e. The van der Waals surface area contributed by atoms with Gasteiger partial charge in [0, 0.05) is 18.5 Å². The first-order chi connectivity index (χ1) is 17.2. The molecule has 0 amide bonds. The van der Waals surface area contributed by atoms with E-state index in [4.69, 9.17) is 9.84 Å². The Bertz CT molecular complexity index is 990. The standard InChI is InChI=1S/C29H39F2NO4.ClH/c1-3-29(4-2,17-21-13-22-10-6-7-11-23(22)14-21)32-18-24(33)19-36-26-16-20(15-25(30)28(26)31)9-5-8-12-27(34)35;/h6-7,10-11,15-16,21,24,32-33H,3-5,8-9,12-14,17-19H2,1-2H3,(H,34,35);1H/t24-;/m1./s1. The second-order valence-electron chi connectivity index (χ2n) is 10.1. The first-order valence-corrected chi connectivity index (χ1v) is 13.1. The number of hydrogen-bond donors (Lipinski definition) is 3. The Morgan fingerprint density at radius 2 is 1.78 bits per heavy atom. The molecule has 0 fully saturated rings. The number of carboxylic acid groups (broad SMARTS) is 1. The summed E-state index contributed by atoms with van der Waals surface area (Å²) in [5, 5.41) is 22.9. The maximum Gasteiger partial charge on any atom is 0.303 e. The molecule has 0 unspecified atom stereocenters. The first-order valence-electron chi connectivity index (χ1n) is 13.1. The molecule has 0 aromatic heterocycles. The third-order valence-electron chi connectivity index (χ3n) is 7.47. The fourth-order valence-corrected chi connectivity index (χ4v) is 5.26. The number of ether oxygens (including phenoxy) is 1. The topological polar surface area (TPSA) is 78.8 Å². The number of fused-ring (bicyclic) bond motifs is 1. The molecule has 37 heavy (non-hydrogen) atoms. The van der Waals surface area contributed by atoms with Gasteiger partial charge in [-0.25, -0.2) is 4.39 Å². The minimum atomic E-state index is -1.08. The zero-order chi connectivity index (χ0) is 26.1. The molecule has 8 heteroatoms. The van der Waals surface area contributed by atoms with Crippen LogP contribution in [0.3, 0.4) is 0 Å². The van der Waals surface area contributed by atoms with E-state index in [1.165, 1.54) is 17.2 Å². The number of nitrogens with one attached hydrogen (secondary N) is 1. The smallest absolute Gasteiger partial charge is 0.303 e. The number of carbonyl (C=O) groups is 1. The molecule has 5 nitrogen and oxygen atoms in total. The average molecular weight is 540 g/mol. The highest BCUT2D eigenvalue weighted by atomic mass is 35.5. The van der Waals surface area contributed by atoms with Crippen molar-refractivity contribution in [1.29, 1.82) is 0 Å². The Hall–Kier alpha value is -2.22. The highest BCUT2D eigenvalue weighted by Gasteiger charge is 2.32. The van der Waals surface area contributed by atoms with E-state index >= 15 is 0 Å². The van der Waals surface area contributed by atoms with Crippen molar-refractivity contribution in [2.24, 2.45) is 5.92 Å². The van der Waals surface area contributed by atoms with Crippen LogP contribution in [0.4, 0.5) is 8.78 Å². The van der Waals surface area contributed by atoms with Gasteiger partial charge in [0.15, 0.2) is 11.6 Å². The number of β-amino-alcohol motifs (C(OH)–C–C–N with tert-alkyl or cyclic N) is 1. The van der Waals surface area contributed by atoms with E-state index < -0.39 is 23.7 Å². The fourth-order valence-electron chi connectivity index (χ4n) is 5.26. The Morgan fingerprint density at radius 3 is 2.38 bits per heavy atom. The monoisotopic (exact) mass is 539 g/mol. The van der Waals surface area contributed by atoms with Crippen LogP contribution in [0.2, 0.25) is 0 Å². The number of aryl methyl sites for hydroxylation is 1. The summed E-state index contributed by atoms with van der Waals surface area (Å²) < 4.78 is 33.8. The summed E-state index contributed by atoms with van der Waals surface area (Å²) in [6.45, 7) is 4.44. The molecule has 0 saturated heterocycles. The predicted molar refractivity (Wildman–Crippen MR) is 144 cm³/mol. The van der Waals surface area contributed by atoms with E-state index in [-0.39, 0.29) is 36.7 Å². The van der Waals surface area contributed by atoms with Crippen molar-refractivity contribution in [2.75, 3.05) is 13.2 Å². The van der Waals surface area contributed by atoms with Crippen molar-refractivity contribution in [2.45, 2.75) is 83.3 Å². The lowest BCUT2D eigenvalue weighted by Crippen LogP contribution is -2.49. The SMILES string of the molecule is CCC(CC)(CC1Cc2ccccc2C1)NC[C@@H](O)COc1cc(CCCCC(=O)O)cc(F)c1F.Cl. The molecule has 1 aliphatic rings. The number of rotatable bonds is 15. The van der Waals surface area contributed by atoms with E-state index in [1.54, 1.807) is 0 Å². The van der Waals surface area contributed by atoms with Crippen LogP contribution in [0.5, 0.6) is 5.75 Å². The lowest BCUT2D eigenvalue weighted by atomic mass is 9.81. The third kappa shape index (κ3) is 8.94. The van der Waals surface area contributed by atoms with Crippen LogP contribution in [0.15, 0.2) is 36.4 Å². The predicted octanol–water partition coefficient (Wildman–Crippen LogP) is 5.88. The van der Waals surface area contributed by atoms with Gasteiger partial charge in [0.05, 0.1) is 0 Å². The molecule has 0 radical (unpaired) electrons. The molecule has 0 spiro atoms. The van der Waals surface area contributed by atoms with Gasteiger partial charge in [0.1, 0.15) is 12.7 Å². The number of halogens is 3. The number of aliphatic hydroxyl groups excluding tert-OH is 1. The zero-order valence-electron chi connectivity index (χ0n) is 21.8. The van der Waals surface area contributed by atoms with Crippen LogP contribution in [0.1, 0.15) is 69.1 Å². The van der Waals surface area contributed by atoms with Gasteiger partial charge >= 0.3 is 5.97 Å². The van der Waals surface area contributed by atoms with Crippen molar-refractivity contribution in [1.82, 2.24) is 5.32 Å². The maximum atomic E-state index is 14.3. The summed E-state index contributed by atoms with van der Waals surface area (Å²) >= 11 is 0. The molecule has 3 N–H and O–H groups in total. The number of benzene rings is 2. The normalized spacial score (nSPS) is 14.2. The molecular formula is C29H40ClF2NO4.